The number of aliphatic carboxylic acids is 1. The number of urea groups is 1. The van der Waals surface area contributed by atoms with Crippen LogP contribution in [0, 0.1) is 17.5 Å². The van der Waals surface area contributed by atoms with Gasteiger partial charge in [0.1, 0.15) is 11.9 Å². The number of carbonyl (C=O) groups excluding carboxylic acids is 1. The van der Waals surface area contributed by atoms with Crippen LogP contribution in [0.2, 0.25) is 0 Å². The first-order valence-electron chi connectivity index (χ1n) is 5.85. The Balaban J connectivity index is 2.16. The molecule has 0 aromatic heterocycles. The topological polar surface area (TPSA) is 69.6 Å². The number of nitrogens with zero attached hydrogens (tertiary/aromatic N) is 1. The van der Waals surface area contributed by atoms with Gasteiger partial charge in [0.05, 0.1) is 5.69 Å². The van der Waals surface area contributed by atoms with Crippen molar-refractivity contribution in [3.05, 3.63) is 29.6 Å². The quantitative estimate of drug-likeness (QED) is 0.819. The van der Waals surface area contributed by atoms with Gasteiger partial charge in [-0.05, 0) is 12.8 Å². The maximum atomic E-state index is 13.4. The van der Waals surface area contributed by atoms with Crippen LogP contribution in [0.15, 0.2) is 12.1 Å². The molecule has 20 heavy (non-hydrogen) atoms. The molecule has 5 nitrogen and oxygen atoms in total. The Bertz CT molecular complexity index is 565. The first kappa shape index (κ1) is 14.2. The van der Waals surface area contributed by atoms with Crippen molar-refractivity contribution >= 4 is 17.7 Å². The van der Waals surface area contributed by atoms with Gasteiger partial charge in [0.25, 0.3) is 0 Å². The Kier molecular flexibility index (Phi) is 3.82. The van der Waals surface area contributed by atoms with Crippen LogP contribution in [-0.2, 0) is 4.79 Å². The predicted octanol–water partition coefficient (Wildman–Crippen LogP) is 2.18. The molecule has 1 saturated heterocycles. The van der Waals surface area contributed by atoms with Gasteiger partial charge in [0.2, 0.25) is 0 Å². The molecule has 1 aliphatic rings. The van der Waals surface area contributed by atoms with Gasteiger partial charge < -0.3 is 15.3 Å². The van der Waals surface area contributed by atoms with Crippen LogP contribution in [0.5, 0.6) is 0 Å². The Hall–Kier alpha value is -2.25. The Morgan fingerprint density at radius 1 is 1.20 bits per heavy atom. The van der Waals surface area contributed by atoms with E-state index in [0.717, 1.165) is 4.90 Å². The number of benzene rings is 1. The van der Waals surface area contributed by atoms with Crippen LogP contribution in [0.3, 0.4) is 0 Å². The lowest BCUT2D eigenvalue weighted by molar-refractivity contribution is -0.141. The second-order valence-corrected chi connectivity index (χ2v) is 4.37. The third kappa shape index (κ3) is 2.68. The zero-order valence-corrected chi connectivity index (χ0v) is 10.2. The lowest BCUT2D eigenvalue weighted by atomic mass is 10.2. The molecule has 0 bridgehead atoms. The smallest absolute Gasteiger partial charge is 0.326 e. The maximum absolute atomic E-state index is 13.4. The highest BCUT2D eigenvalue weighted by molar-refractivity contribution is 5.92. The minimum Gasteiger partial charge on any atom is -0.480 e. The molecule has 2 N–H and O–H groups in total. The van der Waals surface area contributed by atoms with Crippen LogP contribution in [-0.4, -0.2) is 34.6 Å². The van der Waals surface area contributed by atoms with Gasteiger partial charge >= 0.3 is 12.0 Å². The molecule has 0 unspecified atom stereocenters. The average Bonchev–Trinajstić information content (AvgIpc) is 2.85. The highest BCUT2D eigenvalue weighted by Crippen LogP contribution is 2.22. The SMILES string of the molecule is O=C(O)[C@@H]1CCCN1C(=O)Nc1cc(F)c(F)cc1F. The average molecular weight is 288 g/mol. The number of carbonyl (C=O) groups is 2. The molecule has 2 amide bonds. The third-order valence-electron chi connectivity index (χ3n) is 3.05. The molecule has 0 saturated carbocycles. The minimum absolute atomic E-state index is 0.202. The maximum Gasteiger partial charge on any atom is 0.326 e. The van der Waals surface area contributed by atoms with Crippen LogP contribution in [0.25, 0.3) is 0 Å². The van der Waals surface area contributed by atoms with Crippen LogP contribution in [0.1, 0.15) is 12.8 Å². The van der Waals surface area contributed by atoms with E-state index in [4.69, 9.17) is 5.11 Å². The Morgan fingerprint density at radius 2 is 1.85 bits per heavy atom. The number of likely N-dealkylation sites (tertiary alicyclic amines) is 1. The molecule has 0 spiro atoms. The van der Waals surface area contributed by atoms with Crippen molar-refractivity contribution in [2.45, 2.75) is 18.9 Å². The summed E-state index contributed by atoms with van der Waals surface area (Å²) in [4.78, 5) is 23.8. The van der Waals surface area contributed by atoms with Crippen molar-refractivity contribution in [3.63, 3.8) is 0 Å². The Labute approximate surface area is 112 Å². The molecular weight excluding hydrogens is 277 g/mol. The molecule has 2 rings (SSSR count). The summed E-state index contributed by atoms with van der Waals surface area (Å²) < 4.78 is 39.1. The van der Waals surface area contributed by atoms with Crippen molar-refractivity contribution in [1.29, 1.82) is 0 Å². The number of nitrogens with one attached hydrogen (secondary N) is 1. The highest BCUT2D eigenvalue weighted by Gasteiger charge is 2.34. The molecular formula is C12H11F3N2O3. The fourth-order valence-electron chi connectivity index (χ4n) is 2.07. The van der Waals surface area contributed by atoms with Crippen LogP contribution < -0.4 is 5.32 Å². The second-order valence-electron chi connectivity index (χ2n) is 4.37. The molecule has 0 aliphatic carbocycles. The number of hydrogen-bond acceptors (Lipinski definition) is 2. The predicted molar refractivity (Wildman–Crippen MR) is 62.7 cm³/mol. The third-order valence-corrected chi connectivity index (χ3v) is 3.05. The van der Waals surface area contributed by atoms with Gasteiger partial charge in [-0.3, -0.25) is 0 Å². The number of amides is 2. The molecule has 1 aromatic carbocycles. The summed E-state index contributed by atoms with van der Waals surface area (Å²) in [6.45, 7) is 0.202. The van der Waals surface area contributed by atoms with Gasteiger partial charge in [0.15, 0.2) is 11.6 Å². The first-order valence-corrected chi connectivity index (χ1v) is 5.85. The summed E-state index contributed by atoms with van der Waals surface area (Å²) in [7, 11) is 0. The Morgan fingerprint density at radius 3 is 2.50 bits per heavy atom. The summed E-state index contributed by atoms with van der Waals surface area (Å²) in [5, 5.41) is 11.0. The molecule has 1 aliphatic heterocycles. The van der Waals surface area contributed by atoms with E-state index in [1.165, 1.54) is 0 Å². The molecule has 0 radical (unpaired) electrons. The number of hydrogen-bond donors (Lipinski definition) is 2. The van der Waals surface area contributed by atoms with Crippen molar-refractivity contribution in [1.82, 2.24) is 4.90 Å². The molecule has 1 atom stereocenters. The summed E-state index contributed by atoms with van der Waals surface area (Å²) in [6.07, 6.45) is 0.799. The number of carboxylic acids is 1. The van der Waals surface area contributed by atoms with Crippen molar-refractivity contribution < 1.29 is 27.9 Å². The van der Waals surface area contributed by atoms with E-state index in [-0.39, 0.29) is 6.54 Å². The van der Waals surface area contributed by atoms with E-state index in [0.29, 0.717) is 25.0 Å². The van der Waals surface area contributed by atoms with E-state index in [1.807, 2.05) is 5.32 Å². The van der Waals surface area contributed by atoms with Gasteiger partial charge in [-0.1, -0.05) is 0 Å². The van der Waals surface area contributed by atoms with Gasteiger partial charge in [-0.2, -0.15) is 0 Å². The van der Waals surface area contributed by atoms with Gasteiger partial charge in [-0.15, -0.1) is 0 Å². The normalized spacial score (nSPS) is 18.1. The summed E-state index contributed by atoms with van der Waals surface area (Å²) >= 11 is 0. The largest absolute Gasteiger partial charge is 0.480 e. The fraction of sp³-hybridized carbons (Fsp3) is 0.333. The fourth-order valence-corrected chi connectivity index (χ4v) is 2.07. The summed E-state index contributed by atoms with van der Waals surface area (Å²) in [5.74, 6) is -4.98. The zero-order valence-electron chi connectivity index (χ0n) is 10.2. The standard InChI is InChI=1S/C12H11F3N2O3/c13-6-4-8(15)9(5-7(6)14)16-12(20)17-3-1-2-10(17)11(18)19/h4-5,10H,1-3H2,(H,16,20)(H,18,19)/t10-/m0/s1. The van der Waals surface area contributed by atoms with Crippen molar-refractivity contribution in [2.75, 3.05) is 11.9 Å². The molecule has 1 aromatic rings. The highest BCUT2D eigenvalue weighted by atomic mass is 19.2. The van der Waals surface area contributed by atoms with Crippen molar-refractivity contribution in [3.8, 4) is 0 Å². The minimum atomic E-state index is -1.37. The number of carboxylic acid groups (broad SMARTS) is 1. The van der Waals surface area contributed by atoms with Crippen LogP contribution in [0.4, 0.5) is 23.7 Å². The van der Waals surface area contributed by atoms with E-state index < -0.39 is 41.2 Å². The van der Waals surface area contributed by atoms with E-state index >= 15 is 0 Å². The monoisotopic (exact) mass is 288 g/mol. The molecule has 8 heteroatoms. The molecule has 108 valence electrons. The van der Waals surface area contributed by atoms with Gasteiger partial charge in [0, 0.05) is 18.7 Å². The van der Waals surface area contributed by atoms with Crippen LogP contribution >= 0.6 is 0 Å². The van der Waals surface area contributed by atoms with E-state index in [1.54, 1.807) is 0 Å². The van der Waals surface area contributed by atoms with Gasteiger partial charge in [-0.25, -0.2) is 22.8 Å². The lowest BCUT2D eigenvalue weighted by Gasteiger charge is -2.21. The summed E-state index contributed by atoms with van der Waals surface area (Å²) in [5.41, 5.74) is -0.537. The number of halogens is 3. The van der Waals surface area contributed by atoms with E-state index in [2.05, 4.69) is 0 Å². The summed E-state index contributed by atoms with van der Waals surface area (Å²) in [6, 6.07) is -1.04. The number of anilines is 1. The first-order chi connectivity index (χ1) is 9.40. The zero-order chi connectivity index (χ0) is 14.9. The molecule has 1 fully saturated rings. The van der Waals surface area contributed by atoms with E-state index in [9.17, 15) is 22.8 Å². The number of rotatable bonds is 2. The lowest BCUT2D eigenvalue weighted by Crippen LogP contribution is -2.42. The van der Waals surface area contributed by atoms with Crippen molar-refractivity contribution in [2.24, 2.45) is 0 Å². The second kappa shape index (κ2) is 5.40. The molecule has 1 heterocycles.